The summed E-state index contributed by atoms with van der Waals surface area (Å²) in [7, 11) is 0. The van der Waals surface area contributed by atoms with Crippen molar-refractivity contribution in [1.82, 2.24) is 5.43 Å². The van der Waals surface area contributed by atoms with Crippen LogP contribution in [0.15, 0.2) is 46.9 Å². The lowest BCUT2D eigenvalue weighted by molar-refractivity contribution is -0.120. The van der Waals surface area contributed by atoms with Crippen molar-refractivity contribution < 1.29 is 9.53 Å². The summed E-state index contributed by atoms with van der Waals surface area (Å²) in [6, 6.07) is 11.5. The highest BCUT2D eigenvalue weighted by Gasteiger charge is 2.02. The maximum absolute atomic E-state index is 11.6. The van der Waals surface area contributed by atoms with Gasteiger partial charge in [0.25, 0.3) is 0 Å². The predicted octanol–water partition coefficient (Wildman–Crippen LogP) is 3.23. The molecule has 1 heterocycles. The summed E-state index contributed by atoms with van der Waals surface area (Å²) in [6.07, 6.45) is 2.97. The summed E-state index contributed by atoms with van der Waals surface area (Å²) in [5.41, 5.74) is 3.44. The summed E-state index contributed by atoms with van der Waals surface area (Å²) in [6.45, 7) is 2.78. The Hall–Kier alpha value is -2.14. The molecule has 0 fully saturated rings. The number of hydrazone groups is 1. The number of nitrogens with one attached hydrogen (secondary N) is 1. The molecule has 0 aliphatic heterocycles. The van der Waals surface area contributed by atoms with E-state index in [1.807, 2.05) is 41.8 Å². The van der Waals surface area contributed by atoms with Crippen LogP contribution in [0.4, 0.5) is 0 Å². The van der Waals surface area contributed by atoms with Crippen molar-refractivity contribution in [3.63, 3.8) is 0 Å². The molecule has 0 aliphatic rings. The molecule has 21 heavy (non-hydrogen) atoms. The summed E-state index contributed by atoms with van der Waals surface area (Å²) >= 11 is 1.56. The Kier molecular flexibility index (Phi) is 5.97. The zero-order valence-electron chi connectivity index (χ0n) is 11.9. The van der Waals surface area contributed by atoms with Crippen LogP contribution in [-0.4, -0.2) is 18.7 Å². The maximum atomic E-state index is 11.6. The Labute approximate surface area is 128 Å². The lowest BCUT2D eigenvalue weighted by atomic mass is 10.2. The van der Waals surface area contributed by atoms with E-state index in [9.17, 15) is 4.79 Å². The number of hydrogen-bond donors (Lipinski definition) is 1. The second-order valence-electron chi connectivity index (χ2n) is 4.47. The number of ether oxygens (including phenoxy) is 1. The van der Waals surface area contributed by atoms with E-state index in [4.69, 9.17) is 4.74 Å². The molecule has 0 atom stereocenters. The Morgan fingerprint density at radius 2 is 2.14 bits per heavy atom. The fourth-order valence-electron chi connectivity index (χ4n) is 1.66. The molecule has 0 bridgehead atoms. The number of nitrogens with zero attached hydrogens (tertiary/aromatic N) is 1. The van der Waals surface area contributed by atoms with Gasteiger partial charge in [0.1, 0.15) is 5.75 Å². The minimum atomic E-state index is -0.114. The molecular formula is C16H18N2O2S. The van der Waals surface area contributed by atoms with Crippen LogP contribution in [0.3, 0.4) is 0 Å². The number of hydrogen-bond acceptors (Lipinski definition) is 4. The maximum Gasteiger partial charge on any atom is 0.245 e. The van der Waals surface area contributed by atoms with Crippen molar-refractivity contribution in [1.29, 1.82) is 0 Å². The number of carbonyl (C=O) groups excluding carboxylic acids is 1. The molecule has 4 nitrogen and oxygen atoms in total. The minimum Gasteiger partial charge on any atom is -0.494 e. The predicted molar refractivity (Wildman–Crippen MR) is 86.0 cm³/mol. The SMILES string of the molecule is CCCOc1ccc(/C=N\NC(=O)Cc2cccs2)cc1. The van der Waals surface area contributed by atoms with Crippen LogP contribution < -0.4 is 10.2 Å². The van der Waals surface area contributed by atoms with Crippen molar-refractivity contribution in [2.24, 2.45) is 5.10 Å². The highest BCUT2D eigenvalue weighted by molar-refractivity contribution is 7.10. The summed E-state index contributed by atoms with van der Waals surface area (Å²) in [5, 5.41) is 5.91. The van der Waals surface area contributed by atoms with Crippen LogP contribution in [-0.2, 0) is 11.2 Å². The third-order valence-corrected chi connectivity index (χ3v) is 3.55. The van der Waals surface area contributed by atoms with Gasteiger partial charge in [-0.25, -0.2) is 5.43 Å². The molecule has 110 valence electrons. The molecule has 1 amide bonds. The minimum absolute atomic E-state index is 0.114. The smallest absolute Gasteiger partial charge is 0.245 e. The molecule has 0 saturated heterocycles. The normalized spacial score (nSPS) is 10.7. The standard InChI is InChI=1S/C16H18N2O2S/c1-2-9-20-14-7-5-13(6-8-14)12-17-18-16(19)11-15-4-3-10-21-15/h3-8,10,12H,2,9,11H2,1H3,(H,18,19)/b17-12-. The van der Waals surface area contributed by atoms with E-state index < -0.39 is 0 Å². The molecule has 2 aromatic rings. The van der Waals surface area contributed by atoms with Crippen LogP contribution in [0, 0.1) is 0 Å². The first-order chi connectivity index (χ1) is 10.3. The van der Waals surface area contributed by atoms with Gasteiger partial charge in [-0.2, -0.15) is 5.10 Å². The van der Waals surface area contributed by atoms with Crippen LogP contribution >= 0.6 is 11.3 Å². The first-order valence-electron chi connectivity index (χ1n) is 6.85. The van der Waals surface area contributed by atoms with Gasteiger partial charge in [0, 0.05) is 4.88 Å². The van der Waals surface area contributed by atoms with Crippen LogP contribution in [0.2, 0.25) is 0 Å². The first kappa shape index (κ1) is 15.3. The van der Waals surface area contributed by atoms with Crippen molar-refractivity contribution in [2.45, 2.75) is 19.8 Å². The van der Waals surface area contributed by atoms with E-state index in [0.29, 0.717) is 13.0 Å². The number of amides is 1. The second-order valence-corrected chi connectivity index (χ2v) is 5.50. The van der Waals surface area contributed by atoms with E-state index in [2.05, 4.69) is 17.5 Å². The summed E-state index contributed by atoms with van der Waals surface area (Å²) < 4.78 is 5.50. The third kappa shape index (κ3) is 5.39. The molecule has 0 spiro atoms. The van der Waals surface area contributed by atoms with E-state index >= 15 is 0 Å². The highest BCUT2D eigenvalue weighted by atomic mass is 32.1. The highest BCUT2D eigenvalue weighted by Crippen LogP contribution is 2.11. The topological polar surface area (TPSA) is 50.7 Å². The summed E-state index contributed by atoms with van der Waals surface area (Å²) in [5.74, 6) is 0.729. The van der Waals surface area contributed by atoms with E-state index in [-0.39, 0.29) is 5.91 Å². The van der Waals surface area contributed by atoms with Crippen molar-refractivity contribution >= 4 is 23.5 Å². The van der Waals surface area contributed by atoms with Gasteiger partial charge in [-0.05, 0) is 47.7 Å². The average Bonchev–Trinajstić information content (AvgIpc) is 2.99. The van der Waals surface area contributed by atoms with Gasteiger partial charge in [0.2, 0.25) is 5.91 Å². The van der Waals surface area contributed by atoms with Crippen molar-refractivity contribution in [3.05, 3.63) is 52.2 Å². The van der Waals surface area contributed by atoms with E-state index in [1.54, 1.807) is 17.6 Å². The van der Waals surface area contributed by atoms with Gasteiger partial charge in [-0.15, -0.1) is 11.3 Å². The first-order valence-corrected chi connectivity index (χ1v) is 7.73. The van der Waals surface area contributed by atoms with Gasteiger partial charge in [-0.3, -0.25) is 4.79 Å². The monoisotopic (exact) mass is 302 g/mol. The number of thiophene rings is 1. The number of carbonyl (C=O) groups is 1. The number of benzene rings is 1. The van der Waals surface area contributed by atoms with Gasteiger partial charge in [-0.1, -0.05) is 13.0 Å². The molecule has 1 aromatic carbocycles. The van der Waals surface area contributed by atoms with Gasteiger partial charge >= 0.3 is 0 Å². The van der Waals surface area contributed by atoms with Gasteiger partial charge < -0.3 is 4.74 Å². The fourth-order valence-corrected chi connectivity index (χ4v) is 2.36. The average molecular weight is 302 g/mol. The molecular weight excluding hydrogens is 284 g/mol. The van der Waals surface area contributed by atoms with E-state index in [0.717, 1.165) is 22.6 Å². The lowest BCUT2D eigenvalue weighted by Gasteiger charge is -2.03. The molecule has 0 unspecified atom stereocenters. The molecule has 2 rings (SSSR count). The Balaban J connectivity index is 1.79. The molecule has 0 saturated carbocycles. The van der Waals surface area contributed by atoms with Crippen LogP contribution in [0.1, 0.15) is 23.8 Å². The van der Waals surface area contributed by atoms with Gasteiger partial charge in [0.15, 0.2) is 0 Å². The second kappa shape index (κ2) is 8.21. The summed E-state index contributed by atoms with van der Waals surface area (Å²) in [4.78, 5) is 12.7. The zero-order valence-corrected chi connectivity index (χ0v) is 12.7. The molecule has 0 radical (unpaired) electrons. The van der Waals surface area contributed by atoms with Gasteiger partial charge in [0.05, 0.1) is 19.2 Å². The Bertz CT molecular complexity index is 577. The quantitative estimate of drug-likeness (QED) is 0.630. The van der Waals surface area contributed by atoms with Crippen molar-refractivity contribution in [3.8, 4) is 5.75 Å². The van der Waals surface area contributed by atoms with Crippen LogP contribution in [0.25, 0.3) is 0 Å². The zero-order chi connectivity index (χ0) is 14.9. The molecule has 0 aliphatic carbocycles. The molecule has 1 aromatic heterocycles. The molecule has 1 N–H and O–H groups in total. The van der Waals surface area contributed by atoms with E-state index in [1.165, 1.54) is 0 Å². The Morgan fingerprint density at radius 3 is 2.81 bits per heavy atom. The third-order valence-electron chi connectivity index (χ3n) is 2.67. The van der Waals surface area contributed by atoms with Crippen LogP contribution in [0.5, 0.6) is 5.75 Å². The molecule has 5 heteroatoms. The number of rotatable bonds is 7. The fraction of sp³-hybridized carbons (Fsp3) is 0.250. The lowest BCUT2D eigenvalue weighted by Crippen LogP contribution is -2.19. The Morgan fingerprint density at radius 1 is 1.33 bits per heavy atom. The van der Waals surface area contributed by atoms with Crippen molar-refractivity contribution in [2.75, 3.05) is 6.61 Å². The largest absolute Gasteiger partial charge is 0.494 e.